The molecule has 1 amide bonds. The molecule has 3 heterocycles. The number of benzene rings is 1. The average Bonchev–Trinajstić information content (AvgIpc) is 3.33. The van der Waals surface area contributed by atoms with E-state index in [0.29, 0.717) is 36.7 Å². The van der Waals surface area contributed by atoms with Crippen LogP contribution in [0, 0.1) is 11.3 Å². The summed E-state index contributed by atoms with van der Waals surface area (Å²) in [7, 11) is 0. The molecule has 4 aromatic rings. The van der Waals surface area contributed by atoms with Crippen LogP contribution in [0.25, 0.3) is 21.5 Å². The van der Waals surface area contributed by atoms with Gasteiger partial charge in [-0.2, -0.15) is 5.26 Å². The Bertz CT molecular complexity index is 1420. The lowest BCUT2D eigenvalue weighted by Crippen LogP contribution is -2.12. The van der Waals surface area contributed by atoms with Crippen LogP contribution < -0.4 is 16.8 Å². The van der Waals surface area contributed by atoms with Gasteiger partial charge < -0.3 is 11.5 Å². The number of nitrogens with zero attached hydrogens (tertiary/aromatic N) is 3. The van der Waals surface area contributed by atoms with Crippen LogP contribution in [-0.4, -0.2) is 15.9 Å². The maximum absolute atomic E-state index is 13.0. The third-order valence-electron chi connectivity index (χ3n) is 4.78. The maximum Gasteiger partial charge on any atom is 0.269 e. The number of nitriles is 1. The van der Waals surface area contributed by atoms with Gasteiger partial charge in [0.1, 0.15) is 21.6 Å². The summed E-state index contributed by atoms with van der Waals surface area (Å²) in [5.41, 5.74) is 15.0. The van der Waals surface area contributed by atoms with E-state index >= 15 is 0 Å². The fourth-order valence-electron chi connectivity index (χ4n) is 3.34. The largest absolute Gasteiger partial charge is 0.397 e. The number of halogens is 2. The Morgan fingerprint density at radius 2 is 1.97 bits per heavy atom. The van der Waals surface area contributed by atoms with Gasteiger partial charge in [0.05, 0.1) is 27.0 Å². The van der Waals surface area contributed by atoms with Gasteiger partial charge in [0.2, 0.25) is 0 Å². The molecule has 11 heteroatoms. The van der Waals surface area contributed by atoms with Crippen molar-refractivity contribution >= 4 is 78.6 Å². The van der Waals surface area contributed by atoms with Crippen LogP contribution in [-0.2, 0) is 0 Å². The number of nitrogen functional groups attached to an aromatic ring is 2. The van der Waals surface area contributed by atoms with Gasteiger partial charge in [0.15, 0.2) is 5.13 Å². The highest BCUT2D eigenvalue weighted by Crippen LogP contribution is 2.41. The van der Waals surface area contributed by atoms with Gasteiger partial charge >= 0.3 is 0 Å². The number of nitrogens with two attached hydrogens (primary N) is 2. The highest BCUT2D eigenvalue weighted by atomic mass is 35.5. The number of hydrogen-bond acceptors (Lipinski definition) is 8. The predicted molar refractivity (Wildman–Crippen MR) is 133 cm³/mol. The molecule has 1 aromatic carbocycles. The number of fused-ring (bicyclic) bond motifs is 1. The number of amides is 1. The van der Waals surface area contributed by atoms with Crippen molar-refractivity contribution < 1.29 is 4.79 Å². The summed E-state index contributed by atoms with van der Waals surface area (Å²) < 4.78 is 0. The first-order valence-corrected chi connectivity index (χ1v) is 11.8. The number of pyridine rings is 1. The van der Waals surface area contributed by atoms with Crippen LogP contribution >= 0.6 is 45.9 Å². The molecule has 0 aliphatic rings. The van der Waals surface area contributed by atoms with E-state index in [4.69, 9.17) is 34.7 Å². The van der Waals surface area contributed by atoms with Crippen molar-refractivity contribution in [3.8, 4) is 17.3 Å². The van der Waals surface area contributed by atoms with E-state index in [1.165, 1.54) is 11.3 Å². The highest BCUT2D eigenvalue weighted by Gasteiger charge is 2.25. The summed E-state index contributed by atoms with van der Waals surface area (Å²) in [6, 6.07) is 7.31. The minimum atomic E-state index is -0.410. The first-order valence-electron chi connectivity index (χ1n) is 9.35. The smallest absolute Gasteiger partial charge is 0.269 e. The first-order chi connectivity index (χ1) is 15.2. The summed E-state index contributed by atoms with van der Waals surface area (Å²) in [4.78, 5) is 22.6. The fourth-order valence-corrected chi connectivity index (χ4v) is 5.36. The van der Waals surface area contributed by atoms with Gasteiger partial charge in [-0.05, 0) is 23.6 Å². The number of anilines is 3. The van der Waals surface area contributed by atoms with Gasteiger partial charge in [0, 0.05) is 16.3 Å². The molecule has 0 saturated carbocycles. The third kappa shape index (κ3) is 3.87. The zero-order chi connectivity index (χ0) is 23.2. The van der Waals surface area contributed by atoms with Crippen molar-refractivity contribution in [3.63, 3.8) is 0 Å². The molecular formula is C21H16Cl2N6OS2. The van der Waals surface area contributed by atoms with Crippen LogP contribution in [0.2, 0.25) is 10.0 Å². The minimum absolute atomic E-state index is 0.0296. The highest BCUT2D eigenvalue weighted by molar-refractivity contribution is 7.21. The Hall–Kier alpha value is -2.90. The second kappa shape index (κ2) is 8.56. The summed E-state index contributed by atoms with van der Waals surface area (Å²) in [6.07, 6.45) is 0. The molecule has 0 fully saturated rings. The third-order valence-corrected chi connectivity index (χ3v) is 7.37. The lowest BCUT2D eigenvalue weighted by molar-refractivity contribution is 0.103. The van der Waals surface area contributed by atoms with Gasteiger partial charge in [-0.3, -0.25) is 10.1 Å². The molecule has 32 heavy (non-hydrogen) atoms. The monoisotopic (exact) mass is 502 g/mol. The van der Waals surface area contributed by atoms with Crippen LogP contribution in [0.3, 0.4) is 0 Å². The minimum Gasteiger partial charge on any atom is -0.397 e. The second-order valence-electron chi connectivity index (χ2n) is 7.20. The Morgan fingerprint density at radius 1 is 1.22 bits per heavy atom. The fraction of sp³-hybridized carbons (Fsp3) is 0.143. The van der Waals surface area contributed by atoms with Crippen LogP contribution in [0.4, 0.5) is 16.6 Å². The van der Waals surface area contributed by atoms with E-state index in [-0.39, 0.29) is 27.9 Å². The molecule has 5 N–H and O–H groups in total. The molecule has 0 bridgehead atoms. The average molecular weight is 503 g/mol. The SMILES string of the molecule is CC(C)c1c(C#N)c(N)nc2sc(C(=O)Nc3nc(-c4ccc(Cl)c(Cl)c4)cs3)c(N)c12. The second-order valence-corrected chi connectivity index (χ2v) is 9.87. The van der Waals surface area contributed by atoms with Crippen LogP contribution in [0.5, 0.6) is 0 Å². The molecule has 0 unspecified atom stereocenters. The van der Waals surface area contributed by atoms with Gasteiger partial charge in [-0.25, -0.2) is 9.97 Å². The number of nitrogens with one attached hydrogen (secondary N) is 1. The van der Waals surface area contributed by atoms with Gasteiger partial charge in [-0.1, -0.05) is 43.1 Å². The number of hydrogen-bond donors (Lipinski definition) is 3. The number of rotatable bonds is 4. The number of carbonyl (C=O) groups is 1. The summed E-state index contributed by atoms with van der Waals surface area (Å²) in [5, 5.41) is 16.0. The van der Waals surface area contributed by atoms with E-state index in [1.807, 2.05) is 19.2 Å². The first kappa shape index (κ1) is 22.3. The molecule has 0 aliphatic heterocycles. The van der Waals surface area contributed by atoms with Crippen molar-refractivity contribution in [2.75, 3.05) is 16.8 Å². The Labute approximate surface area is 201 Å². The molecule has 0 radical (unpaired) electrons. The summed E-state index contributed by atoms with van der Waals surface area (Å²) >= 11 is 14.5. The van der Waals surface area contributed by atoms with Crippen molar-refractivity contribution in [3.05, 3.63) is 49.6 Å². The number of aromatic nitrogens is 2. The topological polar surface area (TPSA) is 131 Å². The van der Waals surface area contributed by atoms with Crippen LogP contribution in [0.1, 0.15) is 40.6 Å². The number of thiophene rings is 1. The van der Waals surface area contributed by atoms with Crippen molar-refractivity contribution in [2.24, 2.45) is 0 Å². The predicted octanol–water partition coefficient (Wildman–Crippen LogP) is 6.14. The summed E-state index contributed by atoms with van der Waals surface area (Å²) in [6.45, 7) is 3.87. The lowest BCUT2D eigenvalue weighted by atomic mass is 9.95. The molecule has 0 aliphatic carbocycles. The van der Waals surface area contributed by atoms with Gasteiger partial charge in [0.25, 0.3) is 5.91 Å². The standard InChI is InChI=1S/C21H16Cl2N6OS2/c1-8(2)14-10(6-24)18(26)28-20-15(14)16(25)17(32-20)19(30)29-21-27-13(7-31-21)9-3-4-11(22)12(23)5-9/h3-5,7-8H,25H2,1-2H3,(H2,26,28)(H,27,29,30). The molecule has 7 nitrogen and oxygen atoms in total. The maximum atomic E-state index is 13.0. The van der Waals surface area contributed by atoms with E-state index in [1.54, 1.807) is 18.2 Å². The van der Waals surface area contributed by atoms with E-state index in [2.05, 4.69) is 21.4 Å². The van der Waals surface area contributed by atoms with E-state index in [0.717, 1.165) is 16.9 Å². The van der Waals surface area contributed by atoms with Crippen molar-refractivity contribution in [1.82, 2.24) is 9.97 Å². The Balaban J connectivity index is 1.69. The van der Waals surface area contributed by atoms with Crippen molar-refractivity contribution in [1.29, 1.82) is 5.26 Å². The Morgan fingerprint density at radius 3 is 2.62 bits per heavy atom. The zero-order valence-corrected chi connectivity index (χ0v) is 20.0. The van der Waals surface area contributed by atoms with E-state index < -0.39 is 5.91 Å². The number of thiazole rings is 1. The molecular weight excluding hydrogens is 487 g/mol. The Kier molecular flexibility index (Phi) is 5.97. The molecule has 0 saturated heterocycles. The van der Waals surface area contributed by atoms with Crippen molar-refractivity contribution in [2.45, 2.75) is 19.8 Å². The van der Waals surface area contributed by atoms with Crippen LogP contribution in [0.15, 0.2) is 23.6 Å². The molecule has 0 atom stereocenters. The lowest BCUT2D eigenvalue weighted by Gasteiger charge is -2.12. The zero-order valence-electron chi connectivity index (χ0n) is 16.9. The molecule has 0 spiro atoms. The quantitative estimate of drug-likeness (QED) is 0.307. The molecule has 3 aromatic heterocycles. The summed E-state index contributed by atoms with van der Waals surface area (Å²) in [5.74, 6) is -0.312. The van der Waals surface area contributed by atoms with E-state index in [9.17, 15) is 10.1 Å². The normalized spacial score (nSPS) is 11.1. The number of carbonyl (C=O) groups excluding carboxylic acids is 1. The van der Waals surface area contributed by atoms with Gasteiger partial charge in [-0.15, -0.1) is 22.7 Å². The molecule has 4 rings (SSSR count). The molecule has 162 valence electrons.